The molecule has 16 heavy (non-hydrogen) atoms. The highest BCUT2D eigenvalue weighted by Crippen LogP contribution is 2.25. The molecule has 90 valence electrons. The van der Waals surface area contributed by atoms with Gasteiger partial charge in [-0.2, -0.15) is 5.10 Å². The Bertz CT molecular complexity index is 318. The maximum atomic E-state index is 10.1. The zero-order valence-electron chi connectivity index (χ0n) is 9.89. The second-order valence-corrected chi connectivity index (χ2v) is 4.57. The van der Waals surface area contributed by atoms with Gasteiger partial charge in [0.25, 0.3) is 0 Å². The second kappa shape index (κ2) is 5.46. The van der Waals surface area contributed by atoms with Gasteiger partial charge in [-0.15, -0.1) is 0 Å². The molecule has 2 rings (SSSR count). The van der Waals surface area contributed by atoms with Crippen molar-refractivity contribution in [3.8, 4) is 0 Å². The minimum absolute atomic E-state index is 0.344. The molecule has 4 heteroatoms. The molecule has 2 heterocycles. The predicted molar refractivity (Wildman–Crippen MR) is 63.1 cm³/mol. The molecule has 1 unspecified atom stereocenters. The van der Waals surface area contributed by atoms with Crippen molar-refractivity contribution >= 4 is 0 Å². The average molecular weight is 223 g/mol. The molecule has 1 fully saturated rings. The highest BCUT2D eigenvalue weighted by atomic mass is 16.3. The van der Waals surface area contributed by atoms with Crippen molar-refractivity contribution in [3.05, 3.63) is 18.0 Å². The van der Waals surface area contributed by atoms with Crippen LogP contribution in [0.2, 0.25) is 0 Å². The molecule has 1 atom stereocenters. The standard InChI is InChI=1S/C12H21N3O/c1-2-15-9-11(8-14-15)12(16)7-10-3-5-13-6-4-10/h8-10,12-13,16H,2-7H2,1H3. The van der Waals surface area contributed by atoms with Crippen molar-refractivity contribution in [2.75, 3.05) is 13.1 Å². The van der Waals surface area contributed by atoms with E-state index in [2.05, 4.69) is 17.3 Å². The Morgan fingerprint density at radius 1 is 1.56 bits per heavy atom. The van der Waals surface area contributed by atoms with Gasteiger partial charge in [0, 0.05) is 18.3 Å². The van der Waals surface area contributed by atoms with Crippen molar-refractivity contribution in [3.63, 3.8) is 0 Å². The monoisotopic (exact) mass is 223 g/mol. The van der Waals surface area contributed by atoms with Crippen LogP contribution in [0.4, 0.5) is 0 Å². The van der Waals surface area contributed by atoms with Crippen LogP contribution in [0.5, 0.6) is 0 Å². The molecule has 0 bridgehead atoms. The lowest BCUT2D eigenvalue weighted by molar-refractivity contribution is 0.133. The van der Waals surface area contributed by atoms with Gasteiger partial charge < -0.3 is 10.4 Å². The van der Waals surface area contributed by atoms with Crippen LogP contribution in [0.3, 0.4) is 0 Å². The van der Waals surface area contributed by atoms with E-state index in [9.17, 15) is 5.11 Å². The highest BCUT2D eigenvalue weighted by Gasteiger charge is 2.19. The Morgan fingerprint density at radius 2 is 2.31 bits per heavy atom. The van der Waals surface area contributed by atoms with Gasteiger partial charge in [-0.05, 0) is 45.2 Å². The summed E-state index contributed by atoms with van der Waals surface area (Å²) in [5, 5.41) is 17.6. The predicted octanol–water partition coefficient (Wildman–Crippen LogP) is 1.33. The molecular formula is C12H21N3O. The van der Waals surface area contributed by atoms with E-state index in [1.165, 1.54) is 12.8 Å². The summed E-state index contributed by atoms with van der Waals surface area (Å²) in [5.74, 6) is 0.654. The Hall–Kier alpha value is -0.870. The largest absolute Gasteiger partial charge is 0.388 e. The summed E-state index contributed by atoms with van der Waals surface area (Å²) in [6.45, 7) is 5.09. The van der Waals surface area contributed by atoms with Gasteiger partial charge in [0.1, 0.15) is 0 Å². The van der Waals surface area contributed by atoms with E-state index < -0.39 is 0 Å². The fraction of sp³-hybridized carbons (Fsp3) is 0.750. The zero-order chi connectivity index (χ0) is 11.4. The number of aliphatic hydroxyl groups excluding tert-OH is 1. The van der Waals surface area contributed by atoms with Crippen molar-refractivity contribution in [1.29, 1.82) is 0 Å². The molecule has 0 radical (unpaired) electrons. The van der Waals surface area contributed by atoms with Crippen molar-refractivity contribution in [2.24, 2.45) is 5.92 Å². The van der Waals surface area contributed by atoms with E-state index in [1.54, 1.807) is 6.20 Å². The summed E-state index contributed by atoms with van der Waals surface area (Å²) in [6, 6.07) is 0. The number of nitrogens with zero attached hydrogens (tertiary/aromatic N) is 2. The van der Waals surface area contributed by atoms with E-state index in [0.717, 1.165) is 31.6 Å². The topological polar surface area (TPSA) is 50.1 Å². The van der Waals surface area contributed by atoms with E-state index in [4.69, 9.17) is 0 Å². The van der Waals surface area contributed by atoms with Gasteiger partial charge in [0.05, 0.1) is 12.3 Å². The highest BCUT2D eigenvalue weighted by molar-refractivity contribution is 5.08. The molecular weight excluding hydrogens is 202 g/mol. The lowest BCUT2D eigenvalue weighted by atomic mass is 9.90. The summed E-state index contributed by atoms with van der Waals surface area (Å²) in [7, 11) is 0. The van der Waals surface area contributed by atoms with Crippen LogP contribution in [-0.2, 0) is 6.54 Å². The smallest absolute Gasteiger partial charge is 0.0823 e. The summed E-state index contributed by atoms with van der Waals surface area (Å²) in [4.78, 5) is 0. The Labute approximate surface area is 96.7 Å². The minimum Gasteiger partial charge on any atom is -0.388 e. The first kappa shape index (κ1) is 11.6. The quantitative estimate of drug-likeness (QED) is 0.809. The van der Waals surface area contributed by atoms with Crippen LogP contribution in [0.15, 0.2) is 12.4 Å². The fourth-order valence-electron chi connectivity index (χ4n) is 2.29. The molecule has 0 aliphatic carbocycles. The summed E-state index contributed by atoms with van der Waals surface area (Å²) in [6.07, 6.45) is 6.62. The van der Waals surface area contributed by atoms with Gasteiger partial charge >= 0.3 is 0 Å². The van der Waals surface area contributed by atoms with Crippen LogP contribution in [-0.4, -0.2) is 28.0 Å². The maximum Gasteiger partial charge on any atom is 0.0823 e. The molecule has 4 nitrogen and oxygen atoms in total. The van der Waals surface area contributed by atoms with E-state index in [-0.39, 0.29) is 6.10 Å². The molecule has 1 aliphatic rings. The molecule has 1 aromatic heterocycles. The van der Waals surface area contributed by atoms with Gasteiger partial charge in [-0.1, -0.05) is 0 Å². The number of nitrogens with one attached hydrogen (secondary N) is 1. The lowest BCUT2D eigenvalue weighted by Gasteiger charge is -2.24. The third kappa shape index (κ3) is 2.83. The number of aryl methyl sites for hydroxylation is 1. The first-order valence-electron chi connectivity index (χ1n) is 6.20. The Kier molecular flexibility index (Phi) is 3.96. The molecule has 0 saturated carbocycles. The van der Waals surface area contributed by atoms with Gasteiger partial charge in [0.2, 0.25) is 0 Å². The molecule has 1 saturated heterocycles. The molecule has 0 spiro atoms. The van der Waals surface area contributed by atoms with Crippen LogP contribution in [0, 0.1) is 5.92 Å². The Morgan fingerprint density at radius 3 is 2.94 bits per heavy atom. The zero-order valence-corrected chi connectivity index (χ0v) is 9.89. The average Bonchev–Trinajstić information content (AvgIpc) is 2.79. The number of piperidine rings is 1. The first-order valence-corrected chi connectivity index (χ1v) is 6.20. The number of hydrogen-bond donors (Lipinski definition) is 2. The number of aromatic nitrogens is 2. The van der Waals surface area contributed by atoms with Crippen molar-refractivity contribution < 1.29 is 5.11 Å². The van der Waals surface area contributed by atoms with Gasteiger partial charge in [-0.3, -0.25) is 4.68 Å². The first-order chi connectivity index (χ1) is 7.79. The van der Waals surface area contributed by atoms with Crippen molar-refractivity contribution in [1.82, 2.24) is 15.1 Å². The van der Waals surface area contributed by atoms with E-state index >= 15 is 0 Å². The lowest BCUT2D eigenvalue weighted by Crippen LogP contribution is -2.28. The molecule has 1 aromatic rings. The molecule has 0 amide bonds. The Balaban J connectivity index is 1.88. The summed E-state index contributed by atoms with van der Waals surface area (Å²) >= 11 is 0. The normalized spacial score (nSPS) is 19.9. The number of rotatable bonds is 4. The van der Waals surface area contributed by atoms with Crippen LogP contribution in [0.1, 0.15) is 37.9 Å². The van der Waals surface area contributed by atoms with E-state index in [1.807, 2.05) is 10.9 Å². The maximum absolute atomic E-state index is 10.1. The van der Waals surface area contributed by atoms with Crippen LogP contribution >= 0.6 is 0 Å². The third-order valence-electron chi connectivity index (χ3n) is 3.38. The fourth-order valence-corrected chi connectivity index (χ4v) is 2.29. The van der Waals surface area contributed by atoms with Crippen LogP contribution in [0.25, 0.3) is 0 Å². The van der Waals surface area contributed by atoms with Gasteiger partial charge in [0.15, 0.2) is 0 Å². The van der Waals surface area contributed by atoms with Gasteiger partial charge in [-0.25, -0.2) is 0 Å². The molecule has 0 aromatic carbocycles. The second-order valence-electron chi connectivity index (χ2n) is 4.57. The molecule has 1 aliphatic heterocycles. The third-order valence-corrected chi connectivity index (χ3v) is 3.38. The summed E-state index contributed by atoms with van der Waals surface area (Å²) < 4.78 is 1.86. The SMILES string of the molecule is CCn1cc(C(O)CC2CCNCC2)cn1. The molecule has 2 N–H and O–H groups in total. The van der Waals surface area contributed by atoms with Crippen molar-refractivity contribution in [2.45, 2.75) is 38.8 Å². The van der Waals surface area contributed by atoms with Crippen LogP contribution < -0.4 is 5.32 Å². The summed E-state index contributed by atoms with van der Waals surface area (Å²) in [5.41, 5.74) is 0.959. The van der Waals surface area contributed by atoms with E-state index in [0.29, 0.717) is 5.92 Å². The minimum atomic E-state index is -0.344. The number of aliphatic hydroxyl groups is 1. The number of hydrogen-bond acceptors (Lipinski definition) is 3.